The van der Waals surface area contributed by atoms with Gasteiger partial charge in [-0.3, -0.25) is 25.0 Å². The zero-order valence-electron chi connectivity index (χ0n) is 13.9. The lowest BCUT2D eigenvalue weighted by atomic mass is 9.88. The molecule has 0 bridgehead atoms. The van der Waals surface area contributed by atoms with Crippen molar-refractivity contribution in [3.63, 3.8) is 0 Å². The van der Waals surface area contributed by atoms with Crippen LogP contribution in [0, 0.1) is 20.2 Å². The first-order chi connectivity index (χ1) is 12.9. The van der Waals surface area contributed by atoms with E-state index in [1.807, 2.05) is 0 Å². The maximum Gasteiger partial charge on any atom is 0.354 e. The van der Waals surface area contributed by atoms with Crippen LogP contribution >= 0.6 is 0 Å². The fraction of sp³-hybridized carbons (Fsp3) is 0. The molecule has 8 nitrogen and oxygen atoms in total. The number of benzene rings is 3. The molecule has 0 fully saturated rings. The Bertz CT molecular complexity index is 1050. The summed E-state index contributed by atoms with van der Waals surface area (Å²) in [5.74, 6) is -0.913. The molecule has 0 spiro atoms. The number of nitro benzene ring substituents is 2. The molecule has 1 amide bonds. The number of hydrogen-bond acceptors (Lipinski definition) is 5. The Morgan fingerprint density at radius 3 is 1.67 bits per heavy atom. The zero-order valence-corrected chi connectivity index (χ0v) is 13.9. The van der Waals surface area contributed by atoms with Gasteiger partial charge in [0.05, 0.1) is 21.0 Å². The SMILES string of the molecule is NC(=O)c1cc([N+](=O)[O-])c([N+](=O)[O-])c(-c2ccccc2)c1-c1ccccc1. The van der Waals surface area contributed by atoms with E-state index in [0.29, 0.717) is 11.1 Å². The zero-order chi connectivity index (χ0) is 19.6. The third-order valence-electron chi connectivity index (χ3n) is 4.05. The van der Waals surface area contributed by atoms with Gasteiger partial charge in [0.1, 0.15) is 0 Å². The van der Waals surface area contributed by atoms with E-state index in [4.69, 9.17) is 5.73 Å². The van der Waals surface area contributed by atoms with Crippen LogP contribution in [0.15, 0.2) is 66.7 Å². The summed E-state index contributed by atoms with van der Waals surface area (Å²) in [5, 5.41) is 23.3. The molecular weight excluding hydrogens is 350 g/mol. The van der Waals surface area contributed by atoms with Gasteiger partial charge in [0.2, 0.25) is 5.91 Å². The van der Waals surface area contributed by atoms with Gasteiger partial charge < -0.3 is 5.73 Å². The summed E-state index contributed by atoms with van der Waals surface area (Å²) in [6.07, 6.45) is 0. The van der Waals surface area contributed by atoms with E-state index in [2.05, 4.69) is 0 Å². The highest BCUT2D eigenvalue weighted by atomic mass is 16.6. The Morgan fingerprint density at radius 1 is 0.778 bits per heavy atom. The van der Waals surface area contributed by atoms with Crippen LogP contribution in [0.2, 0.25) is 0 Å². The van der Waals surface area contributed by atoms with Crippen LogP contribution in [0.25, 0.3) is 22.3 Å². The van der Waals surface area contributed by atoms with Crippen molar-refractivity contribution >= 4 is 17.3 Å². The first-order valence-electron chi connectivity index (χ1n) is 7.82. The summed E-state index contributed by atoms with van der Waals surface area (Å²) in [6.45, 7) is 0. The van der Waals surface area contributed by atoms with Crippen LogP contribution < -0.4 is 5.73 Å². The van der Waals surface area contributed by atoms with Crippen LogP contribution in [0.4, 0.5) is 11.4 Å². The molecule has 3 aromatic carbocycles. The lowest BCUT2D eigenvalue weighted by molar-refractivity contribution is -0.422. The summed E-state index contributed by atoms with van der Waals surface area (Å²) in [6, 6.07) is 17.5. The molecule has 0 heterocycles. The van der Waals surface area contributed by atoms with Crippen LogP contribution in [0.1, 0.15) is 10.4 Å². The van der Waals surface area contributed by atoms with Gasteiger partial charge in [-0.15, -0.1) is 0 Å². The Kier molecular flexibility index (Phi) is 4.63. The third kappa shape index (κ3) is 3.23. The van der Waals surface area contributed by atoms with Gasteiger partial charge in [0, 0.05) is 11.6 Å². The van der Waals surface area contributed by atoms with Crippen molar-refractivity contribution in [2.45, 2.75) is 0 Å². The van der Waals surface area contributed by atoms with Crippen LogP contribution in [-0.4, -0.2) is 15.8 Å². The molecule has 8 heteroatoms. The highest BCUT2D eigenvalue weighted by molar-refractivity contribution is 6.07. The topological polar surface area (TPSA) is 129 Å². The van der Waals surface area contributed by atoms with E-state index in [1.165, 1.54) is 0 Å². The first-order valence-corrected chi connectivity index (χ1v) is 7.82. The lowest BCUT2D eigenvalue weighted by Crippen LogP contribution is -2.15. The van der Waals surface area contributed by atoms with Gasteiger partial charge >= 0.3 is 11.4 Å². The summed E-state index contributed by atoms with van der Waals surface area (Å²) >= 11 is 0. The molecule has 27 heavy (non-hydrogen) atoms. The molecule has 134 valence electrons. The number of primary amides is 1. The molecule has 2 N–H and O–H groups in total. The molecule has 0 aliphatic carbocycles. The molecule has 0 atom stereocenters. The number of carbonyl (C=O) groups is 1. The second kappa shape index (κ2) is 7.04. The first kappa shape index (κ1) is 17.7. The average Bonchev–Trinajstić information content (AvgIpc) is 2.67. The highest BCUT2D eigenvalue weighted by Gasteiger charge is 2.35. The molecule has 0 saturated carbocycles. The largest absolute Gasteiger partial charge is 0.366 e. The predicted octanol–water partition coefficient (Wildman–Crippen LogP) is 3.94. The van der Waals surface area contributed by atoms with Crippen molar-refractivity contribution < 1.29 is 14.6 Å². The fourth-order valence-electron chi connectivity index (χ4n) is 2.97. The van der Waals surface area contributed by atoms with Crippen molar-refractivity contribution in [2.75, 3.05) is 0 Å². The van der Waals surface area contributed by atoms with Gasteiger partial charge in [-0.05, 0) is 11.1 Å². The normalized spacial score (nSPS) is 10.4. The van der Waals surface area contributed by atoms with Crippen molar-refractivity contribution in [1.29, 1.82) is 0 Å². The Labute approximate surface area is 153 Å². The van der Waals surface area contributed by atoms with Gasteiger partial charge in [-0.2, -0.15) is 0 Å². The minimum absolute atomic E-state index is 0.0187. The number of nitrogens with zero attached hydrogens (tertiary/aromatic N) is 2. The van der Waals surface area contributed by atoms with Crippen LogP contribution in [0.3, 0.4) is 0 Å². The molecular formula is C19H13N3O5. The maximum atomic E-state index is 12.1. The van der Waals surface area contributed by atoms with E-state index in [0.717, 1.165) is 6.07 Å². The Morgan fingerprint density at radius 2 is 1.26 bits per heavy atom. The monoisotopic (exact) mass is 363 g/mol. The van der Waals surface area contributed by atoms with Gasteiger partial charge in [-0.25, -0.2) is 0 Å². The smallest absolute Gasteiger partial charge is 0.354 e. The Balaban J connectivity index is 2.58. The highest BCUT2D eigenvalue weighted by Crippen LogP contribution is 2.46. The molecule has 0 radical (unpaired) electrons. The van der Waals surface area contributed by atoms with Crippen molar-refractivity contribution in [1.82, 2.24) is 0 Å². The third-order valence-corrected chi connectivity index (χ3v) is 4.05. The van der Waals surface area contributed by atoms with Gasteiger partial charge in [0.15, 0.2) is 0 Å². The van der Waals surface area contributed by atoms with E-state index >= 15 is 0 Å². The molecule has 0 unspecified atom stereocenters. The molecule has 0 saturated heterocycles. The van der Waals surface area contributed by atoms with E-state index in [-0.39, 0.29) is 16.7 Å². The Hall–Kier alpha value is -4.07. The predicted molar refractivity (Wildman–Crippen MR) is 99.1 cm³/mol. The number of nitro groups is 2. The number of amides is 1. The van der Waals surface area contributed by atoms with Crippen LogP contribution in [-0.2, 0) is 0 Å². The van der Waals surface area contributed by atoms with E-state index < -0.39 is 27.1 Å². The molecule has 3 aromatic rings. The second-order valence-corrected chi connectivity index (χ2v) is 5.65. The van der Waals surface area contributed by atoms with E-state index in [1.54, 1.807) is 60.7 Å². The molecule has 0 aliphatic heterocycles. The number of hydrogen-bond donors (Lipinski definition) is 1. The van der Waals surface area contributed by atoms with Gasteiger partial charge in [-0.1, -0.05) is 60.7 Å². The molecule has 0 aromatic heterocycles. The van der Waals surface area contributed by atoms with Gasteiger partial charge in [0.25, 0.3) is 0 Å². The summed E-state index contributed by atoms with van der Waals surface area (Å²) < 4.78 is 0. The standard InChI is InChI=1S/C19H13N3O5/c20-19(23)14-11-15(21(24)25)18(22(26)27)17(13-9-5-2-6-10-13)16(14)12-7-3-1-4-8-12/h1-11H,(H2,20,23). The van der Waals surface area contributed by atoms with Crippen molar-refractivity contribution in [3.05, 3.63) is 92.5 Å². The average molecular weight is 363 g/mol. The second-order valence-electron chi connectivity index (χ2n) is 5.65. The number of carbonyl (C=O) groups excluding carboxylic acids is 1. The minimum Gasteiger partial charge on any atom is -0.366 e. The minimum atomic E-state index is -0.913. The summed E-state index contributed by atoms with van der Waals surface area (Å²) in [4.78, 5) is 33.6. The molecule has 3 rings (SSSR count). The lowest BCUT2D eigenvalue weighted by Gasteiger charge is -2.14. The molecule has 0 aliphatic rings. The van der Waals surface area contributed by atoms with E-state index in [9.17, 15) is 25.0 Å². The summed E-state index contributed by atoms with van der Waals surface area (Å²) in [5.41, 5.74) is 4.86. The summed E-state index contributed by atoms with van der Waals surface area (Å²) in [7, 11) is 0. The number of nitrogens with two attached hydrogens (primary N) is 1. The van der Waals surface area contributed by atoms with Crippen molar-refractivity contribution in [2.24, 2.45) is 5.73 Å². The fourth-order valence-corrected chi connectivity index (χ4v) is 2.97. The maximum absolute atomic E-state index is 12.1. The van der Waals surface area contributed by atoms with Crippen LogP contribution in [0.5, 0.6) is 0 Å². The quantitative estimate of drug-likeness (QED) is 0.542. The number of rotatable bonds is 5. The van der Waals surface area contributed by atoms with Crippen molar-refractivity contribution in [3.8, 4) is 22.3 Å².